The van der Waals surface area contributed by atoms with Gasteiger partial charge in [0.15, 0.2) is 5.96 Å². The molecule has 8 heteroatoms. The van der Waals surface area contributed by atoms with Crippen LogP contribution in [0.5, 0.6) is 5.75 Å². The molecule has 30 heavy (non-hydrogen) atoms. The number of guanidine groups is 1. The van der Waals surface area contributed by atoms with Crippen molar-refractivity contribution in [3.8, 4) is 5.75 Å². The van der Waals surface area contributed by atoms with E-state index in [1.54, 1.807) is 38.4 Å². The van der Waals surface area contributed by atoms with Crippen LogP contribution in [0.25, 0.3) is 0 Å². The number of hydrogen-bond donors (Lipinski definition) is 1. The number of rotatable bonds is 8. The second-order valence-corrected chi connectivity index (χ2v) is 6.95. The molecule has 0 atom stereocenters. The Balaban J connectivity index is 2.03. The first kappa shape index (κ1) is 23.1. The Hall–Kier alpha value is -3.16. The Kier molecular flexibility index (Phi) is 8.58. The first-order valence-corrected chi connectivity index (χ1v) is 9.64. The smallest absolute Gasteiger partial charge is 0.387 e. The monoisotopic (exact) mass is 418 g/mol. The van der Waals surface area contributed by atoms with Crippen LogP contribution in [-0.2, 0) is 13.1 Å². The van der Waals surface area contributed by atoms with E-state index in [1.807, 2.05) is 31.0 Å². The molecule has 1 amide bonds. The van der Waals surface area contributed by atoms with E-state index < -0.39 is 6.61 Å². The Labute approximate surface area is 176 Å². The summed E-state index contributed by atoms with van der Waals surface area (Å²) in [5.74, 6) is 0.815. The van der Waals surface area contributed by atoms with Gasteiger partial charge in [-0.15, -0.1) is 0 Å². The number of aliphatic imine (C=N–C) groups is 1. The molecule has 0 aromatic heterocycles. The van der Waals surface area contributed by atoms with Gasteiger partial charge in [-0.1, -0.05) is 24.3 Å². The molecular weight excluding hydrogens is 390 g/mol. The zero-order chi connectivity index (χ0) is 22.1. The van der Waals surface area contributed by atoms with E-state index in [2.05, 4.69) is 15.0 Å². The molecule has 0 aliphatic rings. The average molecular weight is 418 g/mol. The molecule has 0 radical (unpaired) electrons. The highest BCUT2D eigenvalue weighted by atomic mass is 19.3. The summed E-state index contributed by atoms with van der Waals surface area (Å²) in [6, 6.07) is 13.9. The van der Waals surface area contributed by atoms with Crippen LogP contribution in [-0.4, -0.2) is 56.0 Å². The number of alkyl halides is 2. The lowest BCUT2D eigenvalue weighted by Gasteiger charge is -2.22. The first-order valence-electron chi connectivity index (χ1n) is 9.64. The fourth-order valence-electron chi connectivity index (χ4n) is 2.77. The molecule has 1 N–H and O–H groups in total. The van der Waals surface area contributed by atoms with Gasteiger partial charge in [-0.25, -0.2) is 4.99 Å². The number of nitrogens with zero attached hydrogens (tertiary/aromatic N) is 3. The number of carbonyl (C=O) groups is 1. The highest BCUT2D eigenvalue weighted by Crippen LogP contribution is 2.16. The normalized spacial score (nSPS) is 11.4. The molecule has 0 unspecified atom stereocenters. The van der Waals surface area contributed by atoms with Crippen LogP contribution in [0.1, 0.15) is 28.4 Å². The number of benzene rings is 2. The van der Waals surface area contributed by atoms with Gasteiger partial charge >= 0.3 is 6.61 Å². The Morgan fingerprint density at radius 3 is 2.17 bits per heavy atom. The zero-order valence-corrected chi connectivity index (χ0v) is 17.7. The highest BCUT2D eigenvalue weighted by Gasteiger charge is 2.09. The van der Waals surface area contributed by atoms with Crippen molar-refractivity contribution in [1.29, 1.82) is 0 Å². The number of hydrogen-bond acceptors (Lipinski definition) is 3. The molecule has 0 heterocycles. The number of ether oxygens (including phenoxy) is 1. The summed E-state index contributed by atoms with van der Waals surface area (Å²) in [4.78, 5) is 20.1. The van der Waals surface area contributed by atoms with E-state index in [0.29, 0.717) is 25.2 Å². The Morgan fingerprint density at radius 2 is 1.63 bits per heavy atom. The van der Waals surface area contributed by atoms with Gasteiger partial charge in [0.25, 0.3) is 5.91 Å². The van der Waals surface area contributed by atoms with Crippen molar-refractivity contribution in [1.82, 2.24) is 15.1 Å². The summed E-state index contributed by atoms with van der Waals surface area (Å²) in [5.41, 5.74) is 2.56. The lowest BCUT2D eigenvalue weighted by atomic mass is 10.1. The minimum Gasteiger partial charge on any atom is -0.435 e. The Morgan fingerprint density at radius 1 is 1.03 bits per heavy atom. The predicted molar refractivity (Wildman–Crippen MR) is 114 cm³/mol. The summed E-state index contributed by atoms with van der Waals surface area (Å²) in [6.07, 6.45) is 0. The van der Waals surface area contributed by atoms with Crippen molar-refractivity contribution in [2.75, 3.05) is 27.7 Å². The third kappa shape index (κ3) is 7.02. The molecule has 2 aromatic rings. The molecule has 162 valence electrons. The fourth-order valence-corrected chi connectivity index (χ4v) is 2.77. The minimum absolute atomic E-state index is 0.0388. The average Bonchev–Trinajstić information content (AvgIpc) is 2.72. The van der Waals surface area contributed by atoms with Crippen molar-refractivity contribution in [2.24, 2.45) is 4.99 Å². The van der Waals surface area contributed by atoms with Crippen LogP contribution in [0.15, 0.2) is 53.5 Å². The molecule has 2 aromatic carbocycles. The van der Waals surface area contributed by atoms with Crippen LogP contribution >= 0.6 is 0 Å². The van der Waals surface area contributed by atoms with E-state index in [0.717, 1.165) is 17.1 Å². The maximum absolute atomic E-state index is 12.3. The lowest BCUT2D eigenvalue weighted by Crippen LogP contribution is -2.38. The van der Waals surface area contributed by atoms with Crippen molar-refractivity contribution in [3.63, 3.8) is 0 Å². The minimum atomic E-state index is -2.83. The van der Waals surface area contributed by atoms with Crippen molar-refractivity contribution >= 4 is 11.9 Å². The van der Waals surface area contributed by atoms with Crippen molar-refractivity contribution in [2.45, 2.75) is 26.6 Å². The SMILES string of the molecule is CCNC(=NCc1ccc(C(=O)N(C)C)cc1)N(C)Cc1ccc(OC(F)F)cc1. The molecule has 0 aliphatic heterocycles. The van der Waals surface area contributed by atoms with Crippen molar-refractivity contribution < 1.29 is 18.3 Å². The maximum Gasteiger partial charge on any atom is 0.387 e. The zero-order valence-electron chi connectivity index (χ0n) is 17.7. The molecule has 0 fully saturated rings. The van der Waals surface area contributed by atoms with Gasteiger partial charge in [-0.3, -0.25) is 4.79 Å². The fraction of sp³-hybridized carbons (Fsp3) is 0.364. The van der Waals surface area contributed by atoms with Gasteiger partial charge < -0.3 is 19.9 Å². The molecule has 2 rings (SSSR count). The van der Waals surface area contributed by atoms with Crippen LogP contribution in [0.2, 0.25) is 0 Å². The number of carbonyl (C=O) groups excluding carboxylic acids is 1. The molecule has 0 spiro atoms. The number of halogens is 2. The van der Waals surface area contributed by atoms with Crippen molar-refractivity contribution in [3.05, 3.63) is 65.2 Å². The van der Waals surface area contributed by atoms with Gasteiger partial charge in [0.2, 0.25) is 0 Å². The molecule has 0 bridgehead atoms. The Bertz CT molecular complexity index is 837. The van der Waals surface area contributed by atoms with Crippen LogP contribution < -0.4 is 10.1 Å². The van der Waals surface area contributed by atoms with Gasteiger partial charge in [-0.05, 0) is 42.3 Å². The standard InChI is InChI=1S/C22H28F2N4O2/c1-5-25-22(26-14-16-6-10-18(11-7-16)20(29)27(2)3)28(4)15-17-8-12-19(13-9-17)30-21(23)24/h6-13,21H,5,14-15H2,1-4H3,(H,25,26). The predicted octanol–water partition coefficient (Wildman–Crippen LogP) is 3.59. The first-order chi connectivity index (χ1) is 14.3. The van der Waals surface area contributed by atoms with Gasteiger partial charge in [0.05, 0.1) is 6.54 Å². The molecule has 0 saturated heterocycles. The second-order valence-electron chi connectivity index (χ2n) is 6.95. The third-order valence-corrected chi connectivity index (χ3v) is 4.28. The third-order valence-electron chi connectivity index (χ3n) is 4.28. The topological polar surface area (TPSA) is 57.2 Å². The summed E-state index contributed by atoms with van der Waals surface area (Å²) in [7, 11) is 5.35. The summed E-state index contributed by atoms with van der Waals surface area (Å²) in [6.45, 7) is 0.879. The quantitative estimate of drug-likeness (QED) is 0.526. The van der Waals surface area contributed by atoms with Gasteiger partial charge in [0, 0.05) is 39.8 Å². The van der Waals surface area contributed by atoms with E-state index in [9.17, 15) is 13.6 Å². The summed E-state index contributed by atoms with van der Waals surface area (Å²) < 4.78 is 28.9. The lowest BCUT2D eigenvalue weighted by molar-refractivity contribution is -0.0498. The van der Waals surface area contributed by atoms with Crippen LogP contribution in [0.4, 0.5) is 8.78 Å². The molecule has 0 saturated carbocycles. The van der Waals surface area contributed by atoms with E-state index in [1.165, 1.54) is 17.0 Å². The summed E-state index contributed by atoms with van der Waals surface area (Å²) in [5, 5.41) is 3.25. The van der Waals surface area contributed by atoms with Crippen LogP contribution in [0.3, 0.4) is 0 Å². The molecular formula is C22H28F2N4O2. The van der Waals surface area contributed by atoms with E-state index >= 15 is 0 Å². The maximum atomic E-state index is 12.3. The summed E-state index contributed by atoms with van der Waals surface area (Å²) >= 11 is 0. The second kappa shape index (κ2) is 11.1. The van der Waals surface area contributed by atoms with E-state index in [-0.39, 0.29) is 11.7 Å². The van der Waals surface area contributed by atoms with Gasteiger partial charge in [-0.2, -0.15) is 8.78 Å². The number of nitrogens with one attached hydrogen (secondary N) is 1. The van der Waals surface area contributed by atoms with Gasteiger partial charge in [0.1, 0.15) is 5.75 Å². The molecule has 0 aliphatic carbocycles. The van der Waals surface area contributed by atoms with E-state index in [4.69, 9.17) is 0 Å². The largest absolute Gasteiger partial charge is 0.435 e. The van der Waals surface area contributed by atoms with Crippen LogP contribution in [0, 0.1) is 0 Å². The highest BCUT2D eigenvalue weighted by molar-refractivity contribution is 5.93. The molecule has 6 nitrogen and oxygen atoms in total. The number of amides is 1.